The first-order chi connectivity index (χ1) is 14.2. The predicted molar refractivity (Wildman–Crippen MR) is 117 cm³/mol. The quantitative estimate of drug-likeness (QED) is 0.544. The highest BCUT2D eigenvalue weighted by Gasteiger charge is 2.22. The molecule has 1 aliphatic heterocycles. The van der Waals surface area contributed by atoms with E-state index in [1.54, 1.807) is 6.26 Å². The molecule has 1 atom stereocenters. The maximum atomic E-state index is 4.94. The molecule has 1 saturated heterocycles. The standard InChI is InChI=1S/C22H34N6O/c1-4-27(5-2)21(19-9-7-6-8-10-19)17-24-22(23-3)28-14-12-26(13-15-28)18-20-11-16-29-25-20/h6-11,16,21H,4-5,12-15,17-18H2,1-3H3,(H,23,24). The van der Waals surface area contributed by atoms with Crippen LogP contribution in [0.5, 0.6) is 0 Å². The van der Waals surface area contributed by atoms with E-state index in [-0.39, 0.29) is 0 Å². The second-order valence-corrected chi connectivity index (χ2v) is 7.33. The van der Waals surface area contributed by atoms with Gasteiger partial charge in [-0.15, -0.1) is 0 Å². The molecule has 0 aliphatic carbocycles. The van der Waals surface area contributed by atoms with Gasteiger partial charge in [-0.25, -0.2) is 0 Å². The van der Waals surface area contributed by atoms with Crippen molar-refractivity contribution in [3.8, 4) is 0 Å². The zero-order valence-corrected chi connectivity index (χ0v) is 17.9. The van der Waals surface area contributed by atoms with Gasteiger partial charge in [-0.2, -0.15) is 0 Å². The van der Waals surface area contributed by atoms with Gasteiger partial charge >= 0.3 is 0 Å². The van der Waals surface area contributed by atoms with Gasteiger partial charge in [0.2, 0.25) is 0 Å². The summed E-state index contributed by atoms with van der Waals surface area (Å²) in [6, 6.07) is 13.0. The Morgan fingerprint density at radius 3 is 2.45 bits per heavy atom. The molecule has 0 spiro atoms. The topological polar surface area (TPSA) is 60.1 Å². The first kappa shape index (κ1) is 21.3. The Kier molecular flexibility index (Phi) is 8.07. The van der Waals surface area contributed by atoms with Gasteiger partial charge in [0, 0.05) is 52.4 Å². The number of hydrogen-bond donors (Lipinski definition) is 1. The summed E-state index contributed by atoms with van der Waals surface area (Å²) in [6.45, 7) is 12.1. The fourth-order valence-electron chi connectivity index (χ4n) is 3.98. The van der Waals surface area contributed by atoms with Gasteiger partial charge in [0.25, 0.3) is 0 Å². The zero-order chi connectivity index (χ0) is 20.5. The lowest BCUT2D eigenvalue weighted by molar-refractivity contribution is 0.167. The van der Waals surface area contributed by atoms with Crippen molar-refractivity contribution in [1.29, 1.82) is 0 Å². The minimum absolute atomic E-state index is 0.330. The van der Waals surface area contributed by atoms with Crippen molar-refractivity contribution < 1.29 is 4.52 Å². The molecule has 0 radical (unpaired) electrons. The Hall–Kier alpha value is -2.38. The first-order valence-electron chi connectivity index (χ1n) is 10.6. The molecule has 0 bridgehead atoms. The minimum Gasteiger partial charge on any atom is -0.364 e. The van der Waals surface area contributed by atoms with Gasteiger partial charge in [-0.1, -0.05) is 49.3 Å². The third-order valence-electron chi connectivity index (χ3n) is 5.65. The number of guanidine groups is 1. The van der Waals surface area contributed by atoms with E-state index in [1.165, 1.54) is 5.56 Å². The molecule has 0 amide bonds. The second kappa shape index (κ2) is 11.0. The lowest BCUT2D eigenvalue weighted by Gasteiger charge is -2.37. The van der Waals surface area contributed by atoms with E-state index in [4.69, 9.17) is 4.52 Å². The summed E-state index contributed by atoms with van der Waals surface area (Å²) in [5, 5.41) is 7.66. The fraction of sp³-hybridized carbons (Fsp3) is 0.545. The van der Waals surface area contributed by atoms with Gasteiger partial charge in [0.15, 0.2) is 5.96 Å². The van der Waals surface area contributed by atoms with Crippen molar-refractivity contribution in [2.75, 3.05) is 52.9 Å². The molecular weight excluding hydrogens is 364 g/mol. The van der Waals surface area contributed by atoms with Crippen LogP contribution in [-0.2, 0) is 6.54 Å². The van der Waals surface area contributed by atoms with Gasteiger partial charge < -0.3 is 14.7 Å². The Balaban J connectivity index is 1.56. The number of benzene rings is 1. The van der Waals surface area contributed by atoms with Crippen molar-refractivity contribution in [2.45, 2.75) is 26.4 Å². The molecule has 7 nitrogen and oxygen atoms in total. The Morgan fingerprint density at radius 2 is 1.86 bits per heavy atom. The lowest BCUT2D eigenvalue weighted by Crippen LogP contribution is -2.53. The summed E-state index contributed by atoms with van der Waals surface area (Å²) >= 11 is 0. The smallest absolute Gasteiger partial charge is 0.193 e. The maximum absolute atomic E-state index is 4.94. The molecule has 1 aliphatic rings. The summed E-state index contributed by atoms with van der Waals surface area (Å²) < 4.78 is 4.94. The first-order valence-corrected chi connectivity index (χ1v) is 10.6. The summed E-state index contributed by atoms with van der Waals surface area (Å²) in [5.74, 6) is 0.985. The monoisotopic (exact) mass is 398 g/mol. The molecule has 1 unspecified atom stereocenters. The molecule has 0 saturated carbocycles. The average molecular weight is 399 g/mol. The Bertz CT molecular complexity index is 721. The molecular formula is C22H34N6O. The average Bonchev–Trinajstić information content (AvgIpc) is 3.28. The van der Waals surface area contributed by atoms with E-state index in [0.29, 0.717) is 6.04 Å². The number of aliphatic imine (C=N–C) groups is 1. The number of nitrogens with zero attached hydrogens (tertiary/aromatic N) is 5. The summed E-state index contributed by atoms with van der Waals surface area (Å²) in [7, 11) is 1.87. The molecule has 1 fully saturated rings. The van der Waals surface area contributed by atoms with Crippen LogP contribution in [0, 0.1) is 0 Å². The van der Waals surface area contributed by atoms with Crippen LogP contribution in [0.4, 0.5) is 0 Å². The third kappa shape index (κ3) is 5.81. The highest BCUT2D eigenvalue weighted by molar-refractivity contribution is 5.80. The minimum atomic E-state index is 0.330. The molecule has 1 N–H and O–H groups in total. The van der Waals surface area contributed by atoms with Crippen molar-refractivity contribution >= 4 is 5.96 Å². The fourth-order valence-corrected chi connectivity index (χ4v) is 3.98. The molecule has 3 rings (SSSR count). The van der Waals surface area contributed by atoms with Crippen molar-refractivity contribution in [3.05, 3.63) is 53.9 Å². The van der Waals surface area contributed by atoms with Crippen LogP contribution >= 0.6 is 0 Å². The van der Waals surface area contributed by atoms with Crippen LogP contribution in [0.15, 0.2) is 52.2 Å². The van der Waals surface area contributed by atoms with Crippen molar-refractivity contribution in [1.82, 2.24) is 25.2 Å². The molecule has 29 heavy (non-hydrogen) atoms. The van der Waals surface area contributed by atoms with Crippen molar-refractivity contribution in [2.24, 2.45) is 4.99 Å². The van der Waals surface area contributed by atoms with Crippen LogP contribution in [0.1, 0.15) is 31.1 Å². The van der Waals surface area contributed by atoms with Gasteiger partial charge in [-0.05, 0) is 18.7 Å². The highest BCUT2D eigenvalue weighted by Crippen LogP contribution is 2.19. The number of piperazine rings is 1. The van der Waals surface area contributed by atoms with Crippen LogP contribution in [-0.4, -0.2) is 78.7 Å². The molecule has 1 aromatic carbocycles. The van der Waals surface area contributed by atoms with E-state index >= 15 is 0 Å². The van der Waals surface area contributed by atoms with E-state index < -0.39 is 0 Å². The normalized spacial score (nSPS) is 17.0. The lowest BCUT2D eigenvalue weighted by atomic mass is 10.1. The largest absolute Gasteiger partial charge is 0.364 e. The second-order valence-electron chi connectivity index (χ2n) is 7.33. The van der Waals surface area contributed by atoms with E-state index in [0.717, 1.165) is 64.0 Å². The van der Waals surface area contributed by atoms with Gasteiger partial charge in [0.05, 0.1) is 11.7 Å². The number of likely N-dealkylation sites (N-methyl/N-ethyl adjacent to an activating group) is 1. The number of nitrogens with one attached hydrogen (secondary N) is 1. The number of hydrogen-bond acceptors (Lipinski definition) is 5. The van der Waals surface area contributed by atoms with Crippen LogP contribution < -0.4 is 5.32 Å². The molecule has 158 valence electrons. The van der Waals surface area contributed by atoms with Crippen LogP contribution in [0.3, 0.4) is 0 Å². The number of aromatic nitrogens is 1. The van der Waals surface area contributed by atoms with E-state index in [1.807, 2.05) is 13.1 Å². The van der Waals surface area contributed by atoms with Gasteiger partial charge in [-0.3, -0.25) is 14.8 Å². The SMILES string of the molecule is CCN(CC)C(CNC(=NC)N1CCN(Cc2ccon2)CC1)c1ccccc1. The highest BCUT2D eigenvalue weighted by atomic mass is 16.5. The van der Waals surface area contributed by atoms with Crippen LogP contribution in [0.2, 0.25) is 0 Å². The summed E-state index contributed by atoms with van der Waals surface area (Å²) in [4.78, 5) is 11.8. The molecule has 1 aromatic heterocycles. The van der Waals surface area contributed by atoms with E-state index in [9.17, 15) is 0 Å². The predicted octanol–water partition coefficient (Wildman–Crippen LogP) is 2.45. The van der Waals surface area contributed by atoms with E-state index in [2.05, 4.69) is 74.3 Å². The molecule has 7 heteroatoms. The summed E-state index contributed by atoms with van der Waals surface area (Å²) in [6.07, 6.45) is 1.64. The Morgan fingerprint density at radius 1 is 1.14 bits per heavy atom. The van der Waals surface area contributed by atoms with Crippen molar-refractivity contribution in [3.63, 3.8) is 0 Å². The molecule has 2 heterocycles. The Labute approximate surface area is 174 Å². The zero-order valence-electron chi connectivity index (χ0n) is 17.9. The number of rotatable bonds is 8. The third-order valence-corrected chi connectivity index (χ3v) is 5.65. The maximum Gasteiger partial charge on any atom is 0.193 e. The molecule has 2 aromatic rings. The summed E-state index contributed by atoms with van der Waals surface area (Å²) in [5.41, 5.74) is 2.34. The van der Waals surface area contributed by atoms with Crippen LogP contribution in [0.25, 0.3) is 0 Å². The van der Waals surface area contributed by atoms with Gasteiger partial charge in [0.1, 0.15) is 6.26 Å².